The summed E-state index contributed by atoms with van der Waals surface area (Å²) in [7, 11) is 0. The van der Waals surface area contributed by atoms with Crippen molar-refractivity contribution in [1.29, 1.82) is 0 Å². The number of thiophene rings is 1. The van der Waals surface area contributed by atoms with Crippen LogP contribution in [0.15, 0.2) is 17.5 Å². The number of rotatable bonds is 0. The Labute approximate surface area is 70.3 Å². The molecule has 0 amide bonds. The number of fused-ring (bicyclic) bond motifs is 1. The van der Waals surface area contributed by atoms with Gasteiger partial charge in [-0.1, -0.05) is 0 Å². The van der Waals surface area contributed by atoms with Gasteiger partial charge < -0.3 is 0 Å². The summed E-state index contributed by atoms with van der Waals surface area (Å²) in [5, 5.41) is 1.66. The van der Waals surface area contributed by atoms with Gasteiger partial charge in [0.2, 0.25) is 0 Å². The van der Waals surface area contributed by atoms with E-state index in [1.165, 1.54) is 11.4 Å². The van der Waals surface area contributed by atoms with Gasteiger partial charge in [0.15, 0.2) is 11.6 Å². The fourth-order valence-corrected chi connectivity index (χ4v) is 1.86. The molecule has 0 nitrogen and oxygen atoms in total. The standard InChI is InChI=1S/C8H3F3S/c9-5-3-6(10)7(11)8-4(5)1-2-12-8/h1-3H. The van der Waals surface area contributed by atoms with E-state index in [0.29, 0.717) is 6.07 Å². The molecule has 2 rings (SSSR count). The lowest BCUT2D eigenvalue weighted by molar-refractivity contribution is 0.507. The quantitative estimate of drug-likeness (QED) is 0.556. The van der Waals surface area contributed by atoms with Crippen LogP contribution in [0.4, 0.5) is 13.2 Å². The number of benzene rings is 1. The highest BCUT2D eigenvalue weighted by molar-refractivity contribution is 7.17. The molecule has 62 valence electrons. The molecule has 0 aliphatic rings. The van der Waals surface area contributed by atoms with Gasteiger partial charge in [-0.15, -0.1) is 11.3 Å². The Morgan fingerprint density at radius 3 is 2.58 bits per heavy atom. The van der Waals surface area contributed by atoms with Gasteiger partial charge in [-0.2, -0.15) is 0 Å². The lowest BCUT2D eigenvalue weighted by Crippen LogP contribution is -1.86. The van der Waals surface area contributed by atoms with Crippen LogP contribution in [0.2, 0.25) is 0 Å². The fourth-order valence-electron chi connectivity index (χ4n) is 1.03. The topological polar surface area (TPSA) is 0 Å². The van der Waals surface area contributed by atoms with Gasteiger partial charge in [0.25, 0.3) is 0 Å². The Hall–Kier alpha value is -1.03. The van der Waals surface area contributed by atoms with E-state index in [1.807, 2.05) is 0 Å². The third-order valence-corrected chi connectivity index (χ3v) is 2.49. The van der Waals surface area contributed by atoms with Gasteiger partial charge in [-0.25, -0.2) is 13.2 Å². The minimum absolute atomic E-state index is 0.0347. The zero-order chi connectivity index (χ0) is 8.72. The van der Waals surface area contributed by atoms with Crippen molar-refractivity contribution in [2.75, 3.05) is 0 Å². The van der Waals surface area contributed by atoms with Crippen molar-refractivity contribution in [3.63, 3.8) is 0 Å². The van der Waals surface area contributed by atoms with E-state index >= 15 is 0 Å². The third-order valence-electron chi connectivity index (χ3n) is 1.59. The van der Waals surface area contributed by atoms with Crippen LogP contribution in [0.5, 0.6) is 0 Å². The number of hydrogen-bond donors (Lipinski definition) is 0. The summed E-state index contributed by atoms with van der Waals surface area (Å²) in [5.41, 5.74) is 0. The maximum atomic E-state index is 12.9. The van der Waals surface area contributed by atoms with Crippen molar-refractivity contribution in [3.8, 4) is 0 Å². The molecule has 12 heavy (non-hydrogen) atoms. The molecule has 1 aromatic carbocycles. The van der Waals surface area contributed by atoms with Crippen LogP contribution in [0.3, 0.4) is 0 Å². The van der Waals surface area contributed by atoms with Crippen LogP contribution in [0.25, 0.3) is 10.1 Å². The lowest BCUT2D eigenvalue weighted by atomic mass is 10.2. The molecule has 1 heterocycles. The average Bonchev–Trinajstić information content (AvgIpc) is 2.48. The van der Waals surface area contributed by atoms with Crippen LogP contribution in [-0.2, 0) is 0 Å². The summed E-state index contributed by atoms with van der Waals surface area (Å²) in [6.07, 6.45) is 0. The zero-order valence-corrected chi connectivity index (χ0v) is 6.59. The van der Waals surface area contributed by atoms with Crippen LogP contribution >= 0.6 is 11.3 Å². The molecule has 1 aromatic heterocycles. The second-order valence-electron chi connectivity index (χ2n) is 2.32. The Balaban J connectivity index is 2.97. The van der Waals surface area contributed by atoms with E-state index in [2.05, 4.69) is 0 Å². The van der Waals surface area contributed by atoms with Crippen molar-refractivity contribution in [3.05, 3.63) is 35.0 Å². The van der Waals surface area contributed by atoms with Crippen LogP contribution in [0.1, 0.15) is 0 Å². The van der Waals surface area contributed by atoms with E-state index in [1.54, 1.807) is 0 Å². The molecule has 0 saturated carbocycles. The van der Waals surface area contributed by atoms with E-state index in [9.17, 15) is 13.2 Å². The molecule has 0 atom stereocenters. The van der Waals surface area contributed by atoms with E-state index in [4.69, 9.17) is 0 Å². The average molecular weight is 188 g/mol. The first-order chi connectivity index (χ1) is 5.70. The van der Waals surface area contributed by atoms with Crippen molar-refractivity contribution in [2.24, 2.45) is 0 Å². The molecule has 0 aliphatic carbocycles. The molecule has 0 spiro atoms. The van der Waals surface area contributed by atoms with E-state index in [0.717, 1.165) is 11.3 Å². The predicted octanol–water partition coefficient (Wildman–Crippen LogP) is 3.32. The Morgan fingerprint density at radius 1 is 1.08 bits per heavy atom. The monoisotopic (exact) mass is 188 g/mol. The Bertz CT molecular complexity index is 433. The fraction of sp³-hybridized carbons (Fsp3) is 0. The lowest BCUT2D eigenvalue weighted by Gasteiger charge is -1.95. The van der Waals surface area contributed by atoms with Gasteiger partial charge in [0.1, 0.15) is 5.82 Å². The summed E-state index contributed by atoms with van der Waals surface area (Å²) in [6.45, 7) is 0. The molecular formula is C8H3F3S. The molecule has 0 fully saturated rings. The second kappa shape index (κ2) is 2.48. The number of halogens is 3. The zero-order valence-electron chi connectivity index (χ0n) is 5.77. The minimum Gasteiger partial charge on any atom is -0.206 e. The molecule has 0 saturated heterocycles. The maximum absolute atomic E-state index is 12.9. The first kappa shape index (κ1) is 7.61. The van der Waals surface area contributed by atoms with Crippen molar-refractivity contribution in [1.82, 2.24) is 0 Å². The summed E-state index contributed by atoms with van der Waals surface area (Å²) in [5.74, 6) is -2.82. The second-order valence-corrected chi connectivity index (χ2v) is 3.23. The number of hydrogen-bond acceptors (Lipinski definition) is 1. The molecule has 0 radical (unpaired) electrons. The first-order valence-electron chi connectivity index (χ1n) is 3.21. The summed E-state index contributed by atoms with van der Waals surface area (Å²) < 4.78 is 38.4. The summed E-state index contributed by atoms with van der Waals surface area (Å²) >= 11 is 0.987. The smallest absolute Gasteiger partial charge is 0.176 e. The molecule has 0 bridgehead atoms. The summed E-state index contributed by atoms with van der Waals surface area (Å²) in [6, 6.07) is 1.99. The van der Waals surface area contributed by atoms with Gasteiger partial charge in [0, 0.05) is 11.5 Å². The predicted molar refractivity (Wildman–Crippen MR) is 41.7 cm³/mol. The molecule has 0 N–H and O–H groups in total. The highest BCUT2D eigenvalue weighted by Crippen LogP contribution is 2.27. The van der Waals surface area contributed by atoms with Gasteiger partial charge in [-0.05, 0) is 11.4 Å². The summed E-state index contributed by atoms with van der Waals surface area (Å²) in [4.78, 5) is 0. The molecule has 4 heteroatoms. The highest BCUT2D eigenvalue weighted by Gasteiger charge is 2.12. The maximum Gasteiger partial charge on any atom is 0.176 e. The van der Waals surface area contributed by atoms with Crippen LogP contribution in [-0.4, -0.2) is 0 Å². The minimum atomic E-state index is -1.14. The molecule has 2 aromatic rings. The van der Waals surface area contributed by atoms with Gasteiger partial charge in [0.05, 0.1) is 4.70 Å². The van der Waals surface area contributed by atoms with Crippen LogP contribution < -0.4 is 0 Å². The third kappa shape index (κ3) is 0.914. The largest absolute Gasteiger partial charge is 0.206 e. The van der Waals surface area contributed by atoms with Crippen LogP contribution in [0, 0.1) is 17.5 Å². The SMILES string of the molecule is Fc1cc(F)c2ccsc2c1F. The normalized spacial score (nSPS) is 10.9. The van der Waals surface area contributed by atoms with Crippen molar-refractivity contribution >= 4 is 21.4 Å². The van der Waals surface area contributed by atoms with Gasteiger partial charge >= 0.3 is 0 Å². The molecule has 0 unspecified atom stereocenters. The highest BCUT2D eigenvalue weighted by atomic mass is 32.1. The van der Waals surface area contributed by atoms with Gasteiger partial charge in [-0.3, -0.25) is 0 Å². The van der Waals surface area contributed by atoms with Crippen molar-refractivity contribution < 1.29 is 13.2 Å². The first-order valence-corrected chi connectivity index (χ1v) is 4.09. The Morgan fingerprint density at radius 2 is 1.83 bits per heavy atom. The Kier molecular flexibility index (Phi) is 1.58. The molecular weight excluding hydrogens is 185 g/mol. The van der Waals surface area contributed by atoms with E-state index in [-0.39, 0.29) is 10.1 Å². The van der Waals surface area contributed by atoms with Crippen molar-refractivity contribution in [2.45, 2.75) is 0 Å². The van der Waals surface area contributed by atoms with E-state index < -0.39 is 17.5 Å². The molecule has 0 aliphatic heterocycles.